The highest BCUT2D eigenvalue weighted by Gasteiger charge is 2.22. The average Bonchev–Trinajstić information content (AvgIpc) is 2.09. The molecule has 2 nitrogen and oxygen atoms in total. The number of rotatable bonds is 2. The molecule has 0 heterocycles. The highest BCUT2D eigenvalue weighted by atomic mass is 16.1. The second-order valence-electron chi connectivity index (χ2n) is 3.33. The van der Waals surface area contributed by atoms with Gasteiger partial charge in [0.25, 0.3) is 0 Å². The van der Waals surface area contributed by atoms with Crippen molar-refractivity contribution in [1.29, 1.82) is 5.26 Å². The number of carbonyl (C=O) groups excluding carboxylic acids is 1. The minimum Gasteiger partial charge on any atom is -0.299 e. The predicted octanol–water partition coefficient (Wildman–Crippen LogP) is 2.22. The normalized spacial score (nSPS) is 23.2. The van der Waals surface area contributed by atoms with Crippen molar-refractivity contribution >= 4 is 5.78 Å². The van der Waals surface area contributed by atoms with Gasteiger partial charge < -0.3 is 0 Å². The van der Waals surface area contributed by atoms with E-state index in [0.717, 1.165) is 19.3 Å². The van der Waals surface area contributed by atoms with Crippen LogP contribution in [0.15, 0.2) is 12.2 Å². The maximum absolute atomic E-state index is 11.3. The number of Topliss-reactive ketones (excluding diaryl/α,β-unsaturated/α-hetero) is 1. The number of nitrogens with zero attached hydrogens (tertiary/aromatic N) is 1. The summed E-state index contributed by atoms with van der Waals surface area (Å²) in [4.78, 5) is 11.3. The molecule has 0 bridgehead atoms. The van der Waals surface area contributed by atoms with E-state index in [4.69, 9.17) is 5.26 Å². The maximum Gasteiger partial charge on any atom is 0.136 e. The molecule has 0 aromatic rings. The number of ketones is 1. The zero-order valence-electron chi connectivity index (χ0n) is 7.18. The van der Waals surface area contributed by atoms with Crippen LogP contribution in [0.3, 0.4) is 0 Å². The lowest BCUT2D eigenvalue weighted by Gasteiger charge is -2.19. The highest BCUT2D eigenvalue weighted by molar-refractivity contribution is 5.81. The fourth-order valence-corrected chi connectivity index (χ4v) is 1.61. The fourth-order valence-electron chi connectivity index (χ4n) is 1.61. The summed E-state index contributed by atoms with van der Waals surface area (Å²) in [5.74, 6) is 0.406. The summed E-state index contributed by atoms with van der Waals surface area (Å²) in [5.41, 5.74) is 0.537. The zero-order chi connectivity index (χ0) is 8.97. The molecular formula is C10H13NO. The van der Waals surface area contributed by atoms with Crippen LogP contribution in [0.4, 0.5) is 0 Å². The molecule has 64 valence electrons. The number of nitriles is 1. The van der Waals surface area contributed by atoms with E-state index >= 15 is 0 Å². The summed E-state index contributed by atoms with van der Waals surface area (Å²) in [6.07, 6.45) is 4.36. The molecule has 1 saturated carbocycles. The summed E-state index contributed by atoms with van der Waals surface area (Å²) < 4.78 is 0. The summed E-state index contributed by atoms with van der Waals surface area (Å²) in [6, 6.07) is 1.99. The molecule has 12 heavy (non-hydrogen) atoms. The molecule has 0 aliphatic heterocycles. The van der Waals surface area contributed by atoms with Gasteiger partial charge in [0.2, 0.25) is 0 Å². The van der Waals surface area contributed by atoms with Gasteiger partial charge in [0.1, 0.15) is 5.78 Å². The first-order valence-electron chi connectivity index (χ1n) is 4.34. The molecule has 1 fully saturated rings. The maximum atomic E-state index is 11.3. The Hall–Kier alpha value is -1.10. The zero-order valence-corrected chi connectivity index (χ0v) is 7.18. The number of hydrogen-bond donors (Lipinski definition) is 0. The Morgan fingerprint density at radius 3 is 3.00 bits per heavy atom. The van der Waals surface area contributed by atoms with Crippen LogP contribution in [-0.4, -0.2) is 5.78 Å². The SMILES string of the molecule is C=C(C#N)CC1CCCCC1=O. The monoisotopic (exact) mass is 163 g/mol. The Bertz CT molecular complexity index is 237. The van der Waals surface area contributed by atoms with E-state index in [9.17, 15) is 4.79 Å². The first kappa shape index (κ1) is 8.99. The van der Waals surface area contributed by atoms with E-state index in [2.05, 4.69) is 6.58 Å². The highest BCUT2D eigenvalue weighted by Crippen LogP contribution is 2.25. The molecule has 1 atom stereocenters. The van der Waals surface area contributed by atoms with E-state index < -0.39 is 0 Å². The van der Waals surface area contributed by atoms with Gasteiger partial charge in [0.05, 0.1) is 6.07 Å². The van der Waals surface area contributed by atoms with Gasteiger partial charge in [-0.1, -0.05) is 13.0 Å². The van der Waals surface area contributed by atoms with Gasteiger partial charge in [-0.05, 0) is 19.3 Å². The minimum absolute atomic E-state index is 0.0888. The smallest absolute Gasteiger partial charge is 0.136 e. The van der Waals surface area contributed by atoms with E-state index in [0.29, 0.717) is 24.2 Å². The molecule has 0 aromatic heterocycles. The fraction of sp³-hybridized carbons (Fsp3) is 0.600. The van der Waals surface area contributed by atoms with Crippen molar-refractivity contribution in [3.05, 3.63) is 12.2 Å². The molecule has 0 N–H and O–H groups in total. The van der Waals surface area contributed by atoms with E-state index in [1.807, 2.05) is 6.07 Å². The first-order chi connectivity index (χ1) is 5.74. The molecule has 0 saturated heterocycles. The minimum atomic E-state index is 0.0888. The molecule has 1 rings (SSSR count). The van der Waals surface area contributed by atoms with E-state index in [1.165, 1.54) is 0 Å². The van der Waals surface area contributed by atoms with Crippen LogP contribution in [0, 0.1) is 17.2 Å². The molecular weight excluding hydrogens is 150 g/mol. The first-order valence-corrected chi connectivity index (χ1v) is 4.34. The van der Waals surface area contributed by atoms with Gasteiger partial charge in [-0.2, -0.15) is 5.26 Å². The quantitative estimate of drug-likeness (QED) is 0.585. The molecule has 1 aliphatic carbocycles. The topological polar surface area (TPSA) is 40.9 Å². The molecule has 0 spiro atoms. The standard InChI is InChI=1S/C10H13NO/c1-8(7-11)6-9-4-2-3-5-10(9)12/h9H,1-6H2. The third-order valence-electron chi connectivity index (χ3n) is 2.33. The van der Waals surface area contributed by atoms with Crippen molar-refractivity contribution < 1.29 is 4.79 Å². The summed E-state index contributed by atoms with van der Waals surface area (Å²) in [6.45, 7) is 3.59. The van der Waals surface area contributed by atoms with E-state index in [-0.39, 0.29) is 5.92 Å². The number of hydrogen-bond acceptors (Lipinski definition) is 2. The molecule has 0 amide bonds. The summed E-state index contributed by atoms with van der Waals surface area (Å²) in [5, 5.41) is 8.49. The lowest BCUT2D eigenvalue weighted by Crippen LogP contribution is -2.19. The summed E-state index contributed by atoms with van der Waals surface area (Å²) in [7, 11) is 0. The molecule has 1 unspecified atom stereocenters. The van der Waals surface area contributed by atoms with Crippen molar-refractivity contribution in [3.63, 3.8) is 0 Å². The Labute approximate surface area is 72.9 Å². The lowest BCUT2D eigenvalue weighted by atomic mass is 9.84. The van der Waals surface area contributed by atoms with Crippen molar-refractivity contribution in [3.8, 4) is 6.07 Å². The largest absolute Gasteiger partial charge is 0.299 e. The number of allylic oxidation sites excluding steroid dienone is 1. The van der Waals surface area contributed by atoms with Gasteiger partial charge >= 0.3 is 0 Å². The second kappa shape index (κ2) is 4.06. The van der Waals surface area contributed by atoms with Crippen LogP contribution < -0.4 is 0 Å². The average molecular weight is 163 g/mol. The van der Waals surface area contributed by atoms with Crippen LogP contribution in [0.1, 0.15) is 32.1 Å². The van der Waals surface area contributed by atoms with Gasteiger partial charge in [0.15, 0.2) is 0 Å². The van der Waals surface area contributed by atoms with Crippen LogP contribution >= 0.6 is 0 Å². The molecule has 1 aliphatic rings. The molecule has 2 heteroatoms. The Morgan fingerprint density at radius 1 is 1.67 bits per heavy atom. The number of carbonyl (C=O) groups is 1. The second-order valence-corrected chi connectivity index (χ2v) is 3.33. The molecule has 0 radical (unpaired) electrons. The third-order valence-corrected chi connectivity index (χ3v) is 2.33. The Kier molecular flexibility index (Phi) is 3.04. The van der Waals surface area contributed by atoms with Crippen LogP contribution in [0.25, 0.3) is 0 Å². The van der Waals surface area contributed by atoms with Crippen molar-refractivity contribution in [2.75, 3.05) is 0 Å². The third kappa shape index (κ3) is 2.20. The van der Waals surface area contributed by atoms with Crippen molar-refractivity contribution in [1.82, 2.24) is 0 Å². The lowest BCUT2D eigenvalue weighted by molar-refractivity contribution is -0.124. The van der Waals surface area contributed by atoms with Crippen molar-refractivity contribution in [2.24, 2.45) is 5.92 Å². The van der Waals surface area contributed by atoms with Gasteiger partial charge in [0, 0.05) is 17.9 Å². The van der Waals surface area contributed by atoms with Gasteiger partial charge in [-0.25, -0.2) is 0 Å². The van der Waals surface area contributed by atoms with E-state index in [1.54, 1.807) is 0 Å². The van der Waals surface area contributed by atoms with Crippen molar-refractivity contribution in [2.45, 2.75) is 32.1 Å². The van der Waals surface area contributed by atoms with Crippen LogP contribution in [0.5, 0.6) is 0 Å². The predicted molar refractivity (Wildman–Crippen MR) is 46.3 cm³/mol. The summed E-state index contributed by atoms with van der Waals surface area (Å²) >= 11 is 0. The van der Waals surface area contributed by atoms with Gasteiger partial charge in [-0.15, -0.1) is 0 Å². The Balaban J connectivity index is 2.45. The van der Waals surface area contributed by atoms with Crippen LogP contribution in [0.2, 0.25) is 0 Å². The Morgan fingerprint density at radius 2 is 2.42 bits per heavy atom. The molecule has 0 aromatic carbocycles. The van der Waals surface area contributed by atoms with Crippen LogP contribution in [-0.2, 0) is 4.79 Å². The van der Waals surface area contributed by atoms with Gasteiger partial charge in [-0.3, -0.25) is 4.79 Å².